The van der Waals surface area contributed by atoms with E-state index in [0.717, 1.165) is 44.1 Å². The largest absolute Gasteiger partial charge is 0.388 e. The molecule has 2 aliphatic carbocycles. The van der Waals surface area contributed by atoms with Crippen molar-refractivity contribution in [3.05, 3.63) is 0 Å². The summed E-state index contributed by atoms with van der Waals surface area (Å²) in [5.41, 5.74) is -0.569. The molecule has 3 N–H and O–H groups in total. The number of aliphatic imine (C=N–C) groups is 1. The van der Waals surface area contributed by atoms with Crippen LogP contribution >= 0.6 is 24.0 Å². The van der Waals surface area contributed by atoms with E-state index in [9.17, 15) is 5.11 Å². The summed E-state index contributed by atoms with van der Waals surface area (Å²) in [5, 5.41) is 17.5. The Labute approximate surface area is 152 Å². The number of nitrogens with zero attached hydrogens (tertiary/aromatic N) is 1. The van der Waals surface area contributed by atoms with Gasteiger partial charge in [0.25, 0.3) is 0 Å². The number of halogens is 1. The Kier molecular flexibility index (Phi) is 9.05. The van der Waals surface area contributed by atoms with E-state index in [1.807, 2.05) is 0 Å². The van der Waals surface area contributed by atoms with Crippen molar-refractivity contribution in [2.75, 3.05) is 13.1 Å². The minimum Gasteiger partial charge on any atom is -0.388 e. The van der Waals surface area contributed by atoms with Gasteiger partial charge in [0.2, 0.25) is 0 Å². The molecule has 0 aliphatic heterocycles. The van der Waals surface area contributed by atoms with Gasteiger partial charge in [0, 0.05) is 12.6 Å². The number of rotatable bonds is 4. The Morgan fingerprint density at radius 2 is 1.91 bits per heavy atom. The molecule has 0 saturated heterocycles. The molecule has 2 aliphatic rings. The van der Waals surface area contributed by atoms with Crippen molar-refractivity contribution in [2.24, 2.45) is 10.9 Å². The van der Waals surface area contributed by atoms with Crippen LogP contribution in [0.25, 0.3) is 0 Å². The fraction of sp³-hybridized carbons (Fsp3) is 0.941. The molecule has 130 valence electrons. The zero-order chi connectivity index (χ0) is 15.1. The molecule has 5 heteroatoms. The number of nitrogens with one attached hydrogen (secondary N) is 2. The molecule has 2 unspecified atom stereocenters. The number of aliphatic hydroxyl groups is 1. The van der Waals surface area contributed by atoms with Gasteiger partial charge < -0.3 is 15.7 Å². The van der Waals surface area contributed by atoms with Crippen molar-refractivity contribution in [1.29, 1.82) is 0 Å². The van der Waals surface area contributed by atoms with E-state index in [0.29, 0.717) is 12.6 Å². The monoisotopic (exact) mass is 423 g/mol. The van der Waals surface area contributed by atoms with Gasteiger partial charge in [-0.05, 0) is 38.5 Å². The van der Waals surface area contributed by atoms with Crippen LogP contribution < -0.4 is 10.6 Å². The van der Waals surface area contributed by atoms with E-state index in [-0.39, 0.29) is 24.0 Å². The zero-order valence-electron chi connectivity index (χ0n) is 14.2. The quantitative estimate of drug-likeness (QED) is 0.369. The molecule has 22 heavy (non-hydrogen) atoms. The maximum atomic E-state index is 10.6. The highest BCUT2D eigenvalue weighted by atomic mass is 127. The van der Waals surface area contributed by atoms with Crippen LogP contribution in [-0.4, -0.2) is 35.8 Å². The Hall–Kier alpha value is -0.0400. The molecule has 2 rings (SSSR count). The Morgan fingerprint density at radius 3 is 2.55 bits per heavy atom. The molecule has 2 fully saturated rings. The van der Waals surface area contributed by atoms with Gasteiger partial charge in [0.1, 0.15) is 0 Å². The maximum Gasteiger partial charge on any atom is 0.191 e. The number of hydrogen-bond acceptors (Lipinski definition) is 2. The summed E-state index contributed by atoms with van der Waals surface area (Å²) in [7, 11) is 0. The molecular weight excluding hydrogens is 389 g/mol. The third-order valence-electron chi connectivity index (χ3n) is 4.94. The van der Waals surface area contributed by atoms with E-state index in [1.54, 1.807) is 0 Å². The topological polar surface area (TPSA) is 56.7 Å². The zero-order valence-corrected chi connectivity index (χ0v) is 16.6. The molecule has 4 nitrogen and oxygen atoms in total. The average Bonchev–Trinajstić information content (AvgIpc) is 2.46. The summed E-state index contributed by atoms with van der Waals surface area (Å²) >= 11 is 0. The van der Waals surface area contributed by atoms with Crippen LogP contribution in [-0.2, 0) is 0 Å². The van der Waals surface area contributed by atoms with Gasteiger partial charge in [-0.25, -0.2) is 0 Å². The summed E-state index contributed by atoms with van der Waals surface area (Å²) in [4.78, 5) is 4.67. The first-order valence-corrected chi connectivity index (χ1v) is 8.88. The molecule has 0 aromatic carbocycles. The lowest BCUT2D eigenvalue weighted by molar-refractivity contribution is 0.0131. The summed E-state index contributed by atoms with van der Waals surface area (Å²) in [6.07, 6.45) is 10.4. The van der Waals surface area contributed by atoms with Crippen LogP contribution in [0.4, 0.5) is 0 Å². The highest BCUT2D eigenvalue weighted by Gasteiger charge is 2.29. The summed E-state index contributed by atoms with van der Waals surface area (Å²) in [5.74, 6) is 1.69. The lowest BCUT2D eigenvalue weighted by Gasteiger charge is -2.32. The van der Waals surface area contributed by atoms with Gasteiger partial charge in [0.05, 0.1) is 12.1 Å². The lowest BCUT2D eigenvalue weighted by atomic mass is 9.85. The Morgan fingerprint density at radius 1 is 1.18 bits per heavy atom. The third-order valence-corrected chi connectivity index (χ3v) is 4.94. The fourth-order valence-corrected chi connectivity index (χ4v) is 3.67. The van der Waals surface area contributed by atoms with Crippen LogP contribution in [0.5, 0.6) is 0 Å². The van der Waals surface area contributed by atoms with E-state index in [2.05, 4.69) is 29.5 Å². The molecule has 2 atom stereocenters. The van der Waals surface area contributed by atoms with E-state index >= 15 is 0 Å². The van der Waals surface area contributed by atoms with Gasteiger partial charge in [-0.2, -0.15) is 0 Å². The average molecular weight is 423 g/mol. The first-order valence-electron chi connectivity index (χ1n) is 8.88. The Balaban J connectivity index is 0.00000242. The summed E-state index contributed by atoms with van der Waals surface area (Å²) in [6, 6.07) is 0.535. The molecular formula is C17H34IN3O. The minimum atomic E-state index is -0.569. The van der Waals surface area contributed by atoms with Gasteiger partial charge in [-0.1, -0.05) is 39.0 Å². The van der Waals surface area contributed by atoms with E-state index in [4.69, 9.17) is 0 Å². The van der Waals surface area contributed by atoms with E-state index < -0.39 is 5.60 Å². The summed E-state index contributed by atoms with van der Waals surface area (Å²) < 4.78 is 0. The van der Waals surface area contributed by atoms with Crippen LogP contribution in [0.3, 0.4) is 0 Å². The molecule has 0 bridgehead atoms. The van der Waals surface area contributed by atoms with Crippen molar-refractivity contribution in [3.8, 4) is 0 Å². The van der Waals surface area contributed by atoms with Crippen molar-refractivity contribution < 1.29 is 5.11 Å². The predicted molar refractivity (Wildman–Crippen MR) is 104 cm³/mol. The second-order valence-corrected chi connectivity index (χ2v) is 7.09. The van der Waals surface area contributed by atoms with E-state index in [1.165, 1.54) is 32.1 Å². The van der Waals surface area contributed by atoms with Gasteiger partial charge >= 0.3 is 0 Å². The van der Waals surface area contributed by atoms with Crippen LogP contribution in [0.2, 0.25) is 0 Å². The highest BCUT2D eigenvalue weighted by Crippen LogP contribution is 2.28. The second-order valence-electron chi connectivity index (χ2n) is 7.09. The van der Waals surface area contributed by atoms with Crippen LogP contribution in [0.1, 0.15) is 71.6 Å². The normalized spacial score (nSPS) is 28.6. The van der Waals surface area contributed by atoms with Gasteiger partial charge in [-0.15, -0.1) is 24.0 Å². The van der Waals surface area contributed by atoms with Crippen LogP contribution in [0.15, 0.2) is 4.99 Å². The molecule has 0 radical (unpaired) electrons. The predicted octanol–water partition coefficient (Wildman–Crippen LogP) is 3.43. The Bertz CT molecular complexity index is 343. The first-order chi connectivity index (χ1) is 10.1. The fourth-order valence-electron chi connectivity index (χ4n) is 3.67. The first kappa shape index (κ1) is 20.0. The summed E-state index contributed by atoms with van der Waals surface area (Å²) in [6.45, 7) is 5.83. The minimum absolute atomic E-state index is 0. The molecule has 0 amide bonds. The SMILES string of the molecule is CCNC(=NCC1(O)CCCCC1)NC1CCCC(C)C1.I. The van der Waals surface area contributed by atoms with Crippen molar-refractivity contribution in [1.82, 2.24) is 10.6 Å². The highest BCUT2D eigenvalue weighted by molar-refractivity contribution is 14.0. The number of hydrogen-bond donors (Lipinski definition) is 3. The molecule has 0 aromatic heterocycles. The molecule has 0 heterocycles. The van der Waals surface area contributed by atoms with Gasteiger partial charge in [-0.3, -0.25) is 4.99 Å². The third kappa shape index (κ3) is 6.60. The van der Waals surface area contributed by atoms with Crippen molar-refractivity contribution in [2.45, 2.75) is 83.3 Å². The number of guanidine groups is 1. The van der Waals surface area contributed by atoms with Crippen LogP contribution in [0, 0.1) is 5.92 Å². The van der Waals surface area contributed by atoms with Crippen molar-refractivity contribution in [3.63, 3.8) is 0 Å². The van der Waals surface area contributed by atoms with Gasteiger partial charge in [0.15, 0.2) is 5.96 Å². The standard InChI is InChI=1S/C17H33N3O.HI/c1-3-18-16(20-15-9-7-8-14(2)12-15)19-13-17(21)10-5-4-6-11-17;/h14-15,21H,3-13H2,1-2H3,(H2,18,19,20);1H. The molecule has 0 aromatic rings. The smallest absolute Gasteiger partial charge is 0.191 e. The lowest BCUT2D eigenvalue weighted by Crippen LogP contribution is -2.46. The second kappa shape index (κ2) is 9.96. The molecule has 2 saturated carbocycles. The van der Waals surface area contributed by atoms with Crippen molar-refractivity contribution >= 4 is 29.9 Å². The maximum absolute atomic E-state index is 10.6. The molecule has 0 spiro atoms.